The van der Waals surface area contributed by atoms with Gasteiger partial charge in [-0.25, -0.2) is 9.97 Å². The Morgan fingerprint density at radius 3 is 3.11 bits per heavy atom. The molecule has 0 fully saturated rings. The second-order valence-electron chi connectivity index (χ2n) is 4.26. The number of nitrogens with zero attached hydrogens (tertiary/aromatic N) is 2. The van der Waals surface area contributed by atoms with E-state index in [9.17, 15) is 0 Å². The molecule has 0 atom stereocenters. The average molecular weight is 250 g/mol. The molecule has 0 amide bonds. The van der Waals surface area contributed by atoms with Gasteiger partial charge >= 0.3 is 0 Å². The van der Waals surface area contributed by atoms with Crippen LogP contribution in [0.15, 0.2) is 53.5 Å². The van der Waals surface area contributed by atoms with Crippen LogP contribution in [0.4, 0.5) is 11.5 Å². The zero-order valence-corrected chi connectivity index (χ0v) is 9.92. The molecule has 92 valence electrons. The maximum atomic E-state index is 5.32. The standard InChI is InChI=1S/C14H10N4O/c1-2-12-9(4-6-19-12)7-10(1)18-14-11-3-5-15-13(11)16-8-17-14/h1-8H,(H2,15,16,17,18). The smallest absolute Gasteiger partial charge is 0.143 e. The van der Waals surface area contributed by atoms with Gasteiger partial charge in [-0.1, -0.05) is 0 Å². The highest BCUT2D eigenvalue weighted by Crippen LogP contribution is 2.25. The third-order valence-electron chi connectivity index (χ3n) is 3.07. The molecular formula is C14H10N4O. The number of rotatable bonds is 2. The van der Waals surface area contributed by atoms with E-state index < -0.39 is 0 Å². The van der Waals surface area contributed by atoms with Crippen molar-refractivity contribution in [2.75, 3.05) is 5.32 Å². The largest absolute Gasteiger partial charge is 0.464 e. The van der Waals surface area contributed by atoms with Crippen LogP contribution < -0.4 is 5.32 Å². The van der Waals surface area contributed by atoms with E-state index in [4.69, 9.17) is 4.42 Å². The first kappa shape index (κ1) is 10.1. The van der Waals surface area contributed by atoms with E-state index in [0.29, 0.717) is 0 Å². The van der Waals surface area contributed by atoms with Gasteiger partial charge in [0.1, 0.15) is 23.4 Å². The zero-order chi connectivity index (χ0) is 12.7. The van der Waals surface area contributed by atoms with Crippen molar-refractivity contribution < 1.29 is 4.42 Å². The van der Waals surface area contributed by atoms with Crippen LogP contribution in [0.25, 0.3) is 22.0 Å². The number of furan rings is 1. The predicted octanol–water partition coefficient (Wildman–Crippen LogP) is 3.45. The summed E-state index contributed by atoms with van der Waals surface area (Å²) in [5.74, 6) is 0.786. The van der Waals surface area contributed by atoms with Gasteiger partial charge < -0.3 is 14.7 Å². The summed E-state index contributed by atoms with van der Waals surface area (Å²) in [6.45, 7) is 0. The van der Waals surface area contributed by atoms with Gasteiger partial charge in [0.05, 0.1) is 11.6 Å². The molecule has 5 heteroatoms. The lowest BCUT2D eigenvalue weighted by atomic mass is 10.2. The number of anilines is 2. The van der Waals surface area contributed by atoms with E-state index in [1.54, 1.807) is 6.26 Å². The van der Waals surface area contributed by atoms with Gasteiger partial charge in [-0.3, -0.25) is 0 Å². The molecule has 0 spiro atoms. The minimum absolute atomic E-state index is 0.786. The predicted molar refractivity (Wildman–Crippen MR) is 73.4 cm³/mol. The molecule has 0 radical (unpaired) electrons. The second-order valence-corrected chi connectivity index (χ2v) is 4.26. The fourth-order valence-electron chi connectivity index (χ4n) is 2.15. The fraction of sp³-hybridized carbons (Fsp3) is 0. The summed E-state index contributed by atoms with van der Waals surface area (Å²) < 4.78 is 5.32. The van der Waals surface area contributed by atoms with Crippen LogP contribution in [0.1, 0.15) is 0 Å². The van der Waals surface area contributed by atoms with E-state index in [0.717, 1.165) is 33.5 Å². The SMILES string of the molecule is c1nc(Nc2ccc3occc3c2)c2cc[nH]c2n1. The average Bonchev–Trinajstić information content (AvgIpc) is 3.06. The maximum Gasteiger partial charge on any atom is 0.143 e. The van der Waals surface area contributed by atoms with Gasteiger partial charge in [-0.15, -0.1) is 0 Å². The van der Waals surface area contributed by atoms with Gasteiger partial charge in [-0.05, 0) is 30.3 Å². The number of hydrogen-bond acceptors (Lipinski definition) is 4. The maximum absolute atomic E-state index is 5.32. The third-order valence-corrected chi connectivity index (χ3v) is 3.07. The van der Waals surface area contributed by atoms with Crippen LogP contribution in [-0.2, 0) is 0 Å². The Labute approximate surface area is 108 Å². The normalized spacial score (nSPS) is 11.2. The van der Waals surface area contributed by atoms with Crippen LogP contribution in [-0.4, -0.2) is 15.0 Å². The second kappa shape index (κ2) is 3.84. The van der Waals surface area contributed by atoms with E-state index in [1.165, 1.54) is 6.33 Å². The molecule has 0 unspecified atom stereocenters. The van der Waals surface area contributed by atoms with Gasteiger partial charge in [0, 0.05) is 17.3 Å². The van der Waals surface area contributed by atoms with E-state index in [1.807, 2.05) is 36.5 Å². The van der Waals surface area contributed by atoms with Crippen molar-refractivity contribution in [2.45, 2.75) is 0 Å². The molecule has 0 aliphatic heterocycles. The molecule has 0 saturated carbocycles. The molecular weight excluding hydrogens is 240 g/mol. The highest BCUT2D eigenvalue weighted by Gasteiger charge is 2.05. The first-order valence-corrected chi connectivity index (χ1v) is 5.92. The van der Waals surface area contributed by atoms with Crippen molar-refractivity contribution in [3.8, 4) is 0 Å². The molecule has 2 N–H and O–H groups in total. The van der Waals surface area contributed by atoms with Crippen LogP contribution >= 0.6 is 0 Å². The molecule has 0 aliphatic rings. The number of H-pyrrole nitrogens is 1. The zero-order valence-electron chi connectivity index (χ0n) is 9.92. The number of benzene rings is 1. The lowest BCUT2D eigenvalue weighted by Gasteiger charge is -2.06. The van der Waals surface area contributed by atoms with E-state index in [2.05, 4.69) is 20.3 Å². The number of hydrogen-bond donors (Lipinski definition) is 2. The number of aromatic nitrogens is 3. The van der Waals surface area contributed by atoms with Crippen molar-refractivity contribution in [3.05, 3.63) is 49.1 Å². The summed E-state index contributed by atoms with van der Waals surface area (Å²) in [4.78, 5) is 11.5. The molecule has 0 saturated heterocycles. The van der Waals surface area contributed by atoms with Crippen molar-refractivity contribution in [2.24, 2.45) is 0 Å². The Morgan fingerprint density at radius 1 is 1.11 bits per heavy atom. The lowest BCUT2D eigenvalue weighted by molar-refractivity contribution is 0.616. The van der Waals surface area contributed by atoms with Crippen molar-refractivity contribution >= 4 is 33.5 Å². The molecule has 4 rings (SSSR count). The highest BCUT2D eigenvalue weighted by atomic mass is 16.3. The topological polar surface area (TPSA) is 66.7 Å². The lowest BCUT2D eigenvalue weighted by Crippen LogP contribution is -1.94. The molecule has 0 aliphatic carbocycles. The van der Waals surface area contributed by atoms with E-state index in [-0.39, 0.29) is 0 Å². The Hall–Kier alpha value is -2.82. The molecule has 1 aromatic carbocycles. The highest BCUT2D eigenvalue weighted by molar-refractivity contribution is 5.90. The van der Waals surface area contributed by atoms with Crippen LogP contribution in [0.2, 0.25) is 0 Å². The minimum atomic E-state index is 0.786. The van der Waals surface area contributed by atoms with E-state index >= 15 is 0 Å². The summed E-state index contributed by atoms with van der Waals surface area (Å²) in [6, 6.07) is 9.82. The third kappa shape index (κ3) is 1.63. The summed E-state index contributed by atoms with van der Waals surface area (Å²) in [5, 5.41) is 5.33. The Kier molecular flexibility index (Phi) is 2.05. The first-order chi connectivity index (χ1) is 9.40. The number of aromatic amines is 1. The summed E-state index contributed by atoms with van der Waals surface area (Å²) in [6.07, 6.45) is 5.07. The van der Waals surface area contributed by atoms with Crippen LogP contribution in [0, 0.1) is 0 Å². The molecule has 3 aromatic heterocycles. The Balaban J connectivity index is 1.79. The van der Waals surface area contributed by atoms with Gasteiger partial charge in [0.15, 0.2) is 0 Å². The van der Waals surface area contributed by atoms with Gasteiger partial charge in [-0.2, -0.15) is 0 Å². The molecule has 3 heterocycles. The molecule has 19 heavy (non-hydrogen) atoms. The molecule has 4 aromatic rings. The monoisotopic (exact) mass is 250 g/mol. The van der Waals surface area contributed by atoms with Crippen LogP contribution in [0.5, 0.6) is 0 Å². The Morgan fingerprint density at radius 2 is 2.11 bits per heavy atom. The first-order valence-electron chi connectivity index (χ1n) is 5.92. The summed E-state index contributed by atoms with van der Waals surface area (Å²) >= 11 is 0. The van der Waals surface area contributed by atoms with Crippen molar-refractivity contribution in [1.82, 2.24) is 15.0 Å². The fourth-order valence-corrected chi connectivity index (χ4v) is 2.15. The summed E-state index contributed by atoms with van der Waals surface area (Å²) in [7, 11) is 0. The minimum Gasteiger partial charge on any atom is -0.464 e. The van der Waals surface area contributed by atoms with Gasteiger partial charge in [0.25, 0.3) is 0 Å². The Bertz CT molecular complexity index is 862. The quantitative estimate of drug-likeness (QED) is 0.571. The molecule has 5 nitrogen and oxygen atoms in total. The van der Waals surface area contributed by atoms with Crippen molar-refractivity contribution in [1.29, 1.82) is 0 Å². The number of fused-ring (bicyclic) bond motifs is 2. The molecule has 0 bridgehead atoms. The van der Waals surface area contributed by atoms with Gasteiger partial charge in [0.2, 0.25) is 0 Å². The number of nitrogens with one attached hydrogen (secondary N) is 2. The van der Waals surface area contributed by atoms with Crippen LogP contribution in [0.3, 0.4) is 0 Å². The summed E-state index contributed by atoms with van der Waals surface area (Å²) in [5.41, 5.74) is 2.66. The van der Waals surface area contributed by atoms with Crippen molar-refractivity contribution in [3.63, 3.8) is 0 Å².